The third-order valence-electron chi connectivity index (χ3n) is 3.22. The Kier molecular flexibility index (Phi) is 2.87. The summed E-state index contributed by atoms with van der Waals surface area (Å²) in [5.74, 6) is 0.770. The Balaban J connectivity index is 2.29. The van der Waals surface area contributed by atoms with Crippen LogP contribution in [-0.2, 0) is 6.54 Å². The normalized spacial score (nSPS) is 11.3. The number of fused-ring (bicyclic) bond motifs is 2. The van der Waals surface area contributed by atoms with Gasteiger partial charge in [0, 0.05) is 17.0 Å². The quantitative estimate of drug-likeness (QED) is 0.712. The lowest BCUT2D eigenvalue weighted by Crippen LogP contribution is -2.09. The summed E-state index contributed by atoms with van der Waals surface area (Å²) < 4.78 is 0. The molecule has 0 amide bonds. The average molecular weight is 252 g/mol. The van der Waals surface area contributed by atoms with E-state index >= 15 is 0 Å². The molecule has 4 nitrogen and oxygen atoms in total. The van der Waals surface area contributed by atoms with Gasteiger partial charge in [-0.15, -0.1) is 0 Å². The highest BCUT2D eigenvalue weighted by Crippen LogP contribution is 2.22. The van der Waals surface area contributed by atoms with Gasteiger partial charge in [-0.25, -0.2) is 15.0 Å². The zero-order chi connectivity index (χ0) is 13.4. The fourth-order valence-electron chi connectivity index (χ4n) is 2.36. The number of rotatable bonds is 2. The molecule has 4 heteroatoms. The minimum atomic E-state index is 0.655. The Morgan fingerprint density at radius 1 is 1.11 bits per heavy atom. The van der Waals surface area contributed by atoms with Crippen molar-refractivity contribution in [3.8, 4) is 0 Å². The van der Waals surface area contributed by atoms with Crippen molar-refractivity contribution in [2.75, 3.05) is 7.05 Å². The predicted octanol–water partition coefficient (Wildman–Crippen LogP) is 2.51. The molecule has 3 rings (SSSR count). The van der Waals surface area contributed by atoms with E-state index in [4.69, 9.17) is 0 Å². The predicted molar refractivity (Wildman–Crippen MR) is 77.1 cm³/mol. The van der Waals surface area contributed by atoms with Gasteiger partial charge in [0.15, 0.2) is 5.65 Å². The summed E-state index contributed by atoms with van der Waals surface area (Å²) in [5, 5.41) is 5.21. The van der Waals surface area contributed by atoms with E-state index in [2.05, 4.69) is 52.3 Å². The summed E-state index contributed by atoms with van der Waals surface area (Å²) in [5.41, 5.74) is 4.22. The monoisotopic (exact) mass is 252 g/mol. The van der Waals surface area contributed by atoms with Crippen molar-refractivity contribution in [1.82, 2.24) is 20.3 Å². The van der Waals surface area contributed by atoms with Crippen LogP contribution in [0.5, 0.6) is 0 Å². The molecule has 0 saturated heterocycles. The van der Waals surface area contributed by atoms with Crippen LogP contribution >= 0.6 is 0 Å². The van der Waals surface area contributed by atoms with E-state index < -0.39 is 0 Å². The second-order valence-electron chi connectivity index (χ2n) is 4.87. The van der Waals surface area contributed by atoms with E-state index in [1.54, 1.807) is 0 Å². The summed E-state index contributed by atoms with van der Waals surface area (Å²) >= 11 is 0. The smallest absolute Gasteiger partial charge is 0.163 e. The first kappa shape index (κ1) is 12.0. The maximum atomic E-state index is 4.66. The highest BCUT2D eigenvalue weighted by atomic mass is 15.0. The Morgan fingerprint density at radius 3 is 2.74 bits per heavy atom. The van der Waals surface area contributed by atoms with Crippen LogP contribution in [0.3, 0.4) is 0 Å². The van der Waals surface area contributed by atoms with Crippen molar-refractivity contribution in [3.05, 3.63) is 41.3 Å². The van der Waals surface area contributed by atoms with Crippen LogP contribution in [0.2, 0.25) is 0 Å². The highest BCUT2D eigenvalue weighted by Gasteiger charge is 2.06. The van der Waals surface area contributed by atoms with Crippen LogP contribution < -0.4 is 5.32 Å². The third-order valence-corrected chi connectivity index (χ3v) is 3.22. The van der Waals surface area contributed by atoms with Gasteiger partial charge in [0.2, 0.25) is 0 Å². The summed E-state index contributed by atoms with van der Waals surface area (Å²) in [7, 11) is 1.88. The molecule has 19 heavy (non-hydrogen) atoms. The first-order valence-corrected chi connectivity index (χ1v) is 6.35. The maximum Gasteiger partial charge on any atom is 0.163 e. The number of nitrogens with zero attached hydrogens (tertiary/aromatic N) is 3. The van der Waals surface area contributed by atoms with Gasteiger partial charge < -0.3 is 5.32 Å². The summed E-state index contributed by atoms with van der Waals surface area (Å²) in [6, 6.07) is 6.39. The number of benzene rings is 1. The topological polar surface area (TPSA) is 50.7 Å². The van der Waals surface area contributed by atoms with E-state index in [-0.39, 0.29) is 0 Å². The van der Waals surface area contributed by atoms with E-state index in [1.165, 1.54) is 16.5 Å². The molecule has 0 unspecified atom stereocenters. The molecule has 0 fully saturated rings. The first-order valence-electron chi connectivity index (χ1n) is 6.35. The molecule has 0 aliphatic heterocycles. The molecule has 0 saturated carbocycles. The molecule has 96 valence electrons. The molecule has 0 aliphatic carbocycles. The van der Waals surface area contributed by atoms with E-state index in [1.807, 2.05) is 13.2 Å². The van der Waals surface area contributed by atoms with Crippen LogP contribution in [0.1, 0.15) is 17.0 Å². The van der Waals surface area contributed by atoms with Crippen LogP contribution in [0.15, 0.2) is 24.4 Å². The molecule has 1 N–H and O–H groups in total. The summed E-state index contributed by atoms with van der Waals surface area (Å²) in [6.07, 6.45) is 1.85. The lowest BCUT2D eigenvalue weighted by molar-refractivity contribution is 0.763. The van der Waals surface area contributed by atoms with Gasteiger partial charge in [-0.3, -0.25) is 0 Å². The van der Waals surface area contributed by atoms with Crippen LogP contribution in [0, 0.1) is 13.8 Å². The van der Waals surface area contributed by atoms with E-state index in [0.29, 0.717) is 6.54 Å². The number of nitrogens with one attached hydrogen (secondary N) is 1. The zero-order valence-electron chi connectivity index (χ0n) is 11.4. The van der Waals surface area contributed by atoms with Gasteiger partial charge in [0.05, 0.1) is 12.1 Å². The zero-order valence-corrected chi connectivity index (χ0v) is 11.4. The molecule has 2 heterocycles. The molecule has 1 aromatic carbocycles. The van der Waals surface area contributed by atoms with Gasteiger partial charge >= 0.3 is 0 Å². The van der Waals surface area contributed by atoms with Crippen LogP contribution in [-0.4, -0.2) is 22.0 Å². The molecular weight excluding hydrogens is 236 g/mol. The molecule has 0 bridgehead atoms. The fourth-order valence-corrected chi connectivity index (χ4v) is 2.36. The minimum Gasteiger partial charge on any atom is -0.313 e. The minimum absolute atomic E-state index is 0.655. The highest BCUT2D eigenvalue weighted by molar-refractivity contribution is 5.92. The first-order chi connectivity index (χ1) is 9.17. The van der Waals surface area contributed by atoms with Crippen molar-refractivity contribution in [2.45, 2.75) is 20.4 Å². The third kappa shape index (κ3) is 2.15. The largest absolute Gasteiger partial charge is 0.313 e. The van der Waals surface area contributed by atoms with Gasteiger partial charge in [-0.1, -0.05) is 6.07 Å². The number of hydrogen-bond acceptors (Lipinski definition) is 4. The molecule has 0 atom stereocenters. The Morgan fingerprint density at radius 2 is 1.95 bits per heavy atom. The maximum absolute atomic E-state index is 4.66. The van der Waals surface area contributed by atoms with Gasteiger partial charge in [0.1, 0.15) is 5.82 Å². The lowest BCUT2D eigenvalue weighted by atomic mass is 10.1. The number of aryl methyl sites for hydroxylation is 2. The molecular formula is C15H16N4. The van der Waals surface area contributed by atoms with Crippen LogP contribution in [0.25, 0.3) is 21.9 Å². The van der Waals surface area contributed by atoms with E-state index in [0.717, 1.165) is 22.4 Å². The Bertz CT molecular complexity index is 765. The molecule has 3 aromatic rings. The van der Waals surface area contributed by atoms with Crippen molar-refractivity contribution in [1.29, 1.82) is 0 Å². The van der Waals surface area contributed by atoms with Crippen LogP contribution in [0.4, 0.5) is 0 Å². The average Bonchev–Trinajstić information content (AvgIpc) is 2.37. The summed E-state index contributed by atoms with van der Waals surface area (Å²) in [4.78, 5) is 13.5. The van der Waals surface area contributed by atoms with Gasteiger partial charge in [0.25, 0.3) is 0 Å². The van der Waals surface area contributed by atoms with Crippen molar-refractivity contribution in [2.24, 2.45) is 0 Å². The number of aromatic nitrogens is 3. The Hall–Kier alpha value is -2.07. The summed E-state index contributed by atoms with van der Waals surface area (Å²) in [6.45, 7) is 4.85. The molecule has 0 spiro atoms. The van der Waals surface area contributed by atoms with Crippen molar-refractivity contribution in [3.63, 3.8) is 0 Å². The van der Waals surface area contributed by atoms with E-state index in [9.17, 15) is 0 Å². The molecule has 0 aliphatic rings. The molecule has 0 radical (unpaired) electrons. The van der Waals surface area contributed by atoms with Gasteiger partial charge in [-0.05, 0) is 44.2 Å². The second-order valence-corrected chi connectivity index (χ2v) is 4.87. The van der Waals surface area contributed by atoms with Gasteiger partial charge in [-0.2, -0.15) is 0 Å². The standard InChI is InChI=1S/C15H16N4/c1-9-4-10(2)12-6-11-7-17-14(8-16-3)19-15(11)18-13(12)5-9/h4-7,16H,8H2,1-3H3. The SMILES string of the molecule is CNCc1ncc2cc3c(C)cc(C)cc3nc2n1. The number of hydrogen-bond donors (Lipinski definition) is 1. The lowest BCUT2D eigenvalue weighted by Gasteiger charge is -2.06. The Labute approximate surface area is 111 Å². The fraction of sp³-hybridized carbons (Fsp3) is 0.267. The number of pyridine rings is 1. The van der Waals surface area contributed by atoms with Crippen molar-refractivity contribution >= 4 is 21.9 Å². The second kappa shape index (κ2) is 4.55. The molecule has 2 aromatic heterocycles. The van der Waals surface area contributed by atoms with Crippen molar-refractivity contribution < 1.29 is 0 Å².